The first-order chi connectivity index (χ1) is 9.20. The molecule has 1 atom stereocenters. The van der Waals surface area contributed by atoms with Gasteiger partial charge in [-0.15, -0.1) is 0 Å². The second kappa shape index (κ2) is 6.16. The van der Waals surface area contributed by atoms with E-state index >= 15 is 0 Å². The molecule has 0 bridgehead atoms. The van der Waals surface area contributed by atoms with Crippen molar-refractivity contribution in [2.45, 2.75) is 25.4 Å². The first kappa shape index (κ1) is 13.3. The highest BCUT2D eigenvalue weighted by atomic mass is 16.6. The lowest BCUT2D eigenvalue weighted by molar-refractivity contribution is -0.384. The van der Waals surface area contributed by atoms with Crippen LogP contribution in [0.4, 0.5) is 11.4 Å². The lowest BCUT2D eigenvalue weighted by Gasteiger charge is -2.11. The van der Waals surface area contributed by atoms with Crippen molar-refractivity contribution in [3.05, 3.63) is 33.9 Å². The minimum absolute atomic E-state index is 0.0683. The fraction of sp³-hybridized carbons (Fsp3) is 0.462. The molecule has 1 aromatic carbocycles. The van der Waals surface area contributed by atoms with Gasteiger partial charge in [-0.25, -0.2) is 0 Å². The van der Waals surface area contributed by atoms with Gasteiger partial charge in [-0.1, -0.05) is 0 Å². The van der Waals surface area contributed by atoms with E-state index in [9.17, 15) is 10.1 Å². The topological polar surface area (TPSA) is 88.2 Å². The Hall–Kier alpha value is -2.13. The van der Waals surface area contributed by atoms with Crippen LogP contribution >= 0.6 is 0 Å². The molecule has 0 aliphatic carbocycles. The molecule has 1 unspecified atom stereocenters. The summed E-state index contributed by atoms with van der Waals surface area (Å²) in [5, 5.41) is 22.8. The lowest BCUT2D eigenvalue weighted by atomic mass is 10.1. The van der Waals surface area contributed by atoms with Crippen LogP contribution in [0.1, 0.15) is 24.8 Å². The first-order valence-corrected chi connectivity index (χ1v) is 6.24. The molecule has 1 aliphatic heterocycles. The van der Waals surface area contributed by atoms with Gasteiger partial charge in [0.15, 0.2) is 0 Å². The summed E-state index contributed by atoms with van der Waals surface area (Å²) in [6.07, 6.45) is 3.34. The third-order valence-corrected chi connectivity index (χ3v) is 3.14. The standard InChI is InChI=1S/C13H15N3O3/c14-9-10-8-11(16(17)18)3-4-13(10)15-6-5-12-2-1-7-19-12/h3-4,8,12,15H,1-2,5-7H2. The van der Waals surface area contributed by atoms with E-state index in [0.717, 1.165) is 25.9 Å². The summed E-state index contributed by atoms with van der Waals surface area (Å²) in [4.78, 5) is 10.1. The maximum Gasteiger partial charge on any atom is 0.270 e. The Labute approximate surface area is 111 Å². The normalized spacial score (nSPS) is 17.9. The summed E-state index contributed by atoms with van der Waals surface area (Å²) in [5.41, 5.74) is 0.855. The van der Waals surface area contributed by atoms with Gasteiger partial charge in [0.25, 0.3) is 5.69 Å². The highest BCUT2D eigenvalue weighted by Gasteiger charge is 2.15. The summed E-state index contributed by atoms with van der Waals surface area (Å²) in [7, 11) is 0. The third-order valence-electron chi connectivity index (χ3n) is 3.14. The quantitative estimate of drug-likeness (QED) is 0.649. The van der Waals surface area contributed by atoms with E-state index in [4.69, 9.17) is 10.00 Å². The minimum Gasteiger partial charge on any atom is -0.384 e. The Morgan fingerprint density at radius 1 is 1.58 bits per heavy atom. The average Bonchev–Trinajstić information content (AvgIpc) is 2.92. The van der Waals surface area contributed by atoms with Gasteiger partial charge in [0.05, 0.1) is 22.3 Å². The number of rotatable bonds is 5. The van der Waals surface area contributed by atoms with Crippen LogP contribution in [-0.2, 0) is 4.74 Å². The zero-order valence-corrected chi connectivity index (χ0v) is 10.5. The number of nitriles is 1. The molecule has 0 spiro atoms. The fourth-order valence-electron chi connectivity index (χ4n) is 2.13. The molecule has 100 valence electrons. The monoisotopic (exact) mass is 261 g/mol. The van der Waals surface area contributed by atoms with Crippen molar-refractivity contribution >= 4 is 11.4 Å². The van der Waals surface area contributed by atoms with Crippen molar-refractivity contribution in [3.8, 4) is 6.07 Å². The summed E-state index contributed by atoms with van der Waals surface area (Å²) in [6, 6.07) is 6.23. The van der Waals surface area contributed by atoms with Crippen molar-refractivity contribution < 1.29 is 9.66 Å². The van der Waals surface area contributed by atoms with E-state index < -0.39 is 4.92 Å². The average molecular weight is 261 g/mol. The molecule has 6 nitrogen and oxygen atoms in total. The molecule has 0 saturated carbocycles. The van der Waals surface area contributed by atoms with E-state index in [-0.39, 0.29) is 11.8 Å². The summed E-state index contributed by atoms with van der Waals surface area (Å²) < 4.78 is 5.50. The van der Waals surface area contributed by atoms with Crippen LogP contribution in [0.2, 0.25) is 0 Å². The molecule has 0 aromatic heterocycles. The number of anilines is 1. The Balaban J connectivity index is 1.95. The molecule has 1 heterocycles. The van der Waals surface area contributed by atoms with Gasteiger partial charge in [0.1, 0.15) is 6.07 Å². The van der Waals surface area contributed by atoms with Gasteiger partial charge in [-0.05, 0) is 25.3 Å². The largest absolute Gasteiger partial charge is 0.384 e. The van der Waals surface area contributed by atoms with Crippen molar-refractivity contribution in [2.24, 2.45) is 0 Å². The number of hydrogen-bond donors (Lipinski definition) is 1. The first-order valence-electron chi connectivity index (χ1n) is 6.24. The smallest absolute Gasteiger partial charge is 0.270 e. The van der Waals surface area contributed by atoms with Crippen molar-refractivity contribution in [3.63, 3.8) is 0 Å². The van der Waals surface area contributed by atoms with E-state index in [2.05, 4.69) is 5.32 Å². The molecule has 0 amide bonds. The van der Waals surface area contributed by atoms with E-state index in [0.29, 0.717) is 17.8 Å². The van der Waals surface area contributed by atoms with Crippen molar-refractivity contribution in [2.75, 3.05) is 18.5 Å². The maximum atomic E-state index is 10.6. The summed E-state index contributed by atoms with van der Waals surface area (Å²) >= 11 is 0. The van der Waals surface area contributed by atoms with Crippen LogP contribution in [0, 0.1) is 21.4 Å². The zero-order chi connectivity index (χ0) is 13.7. The maximum absolute atomic E-state index is 10.6. The van der Waals surface area contributed by atoms with E-state index in [1.54, 1.807) is 6.07 Å². The lowest BCUT2D eigenvalue weighted by Crippen LogP contribution is -2.13. The van der Waals surface area contributed by atoms with Crippen molar-refractivity contribution in [1.29, 1.82) is 5.26 Å². The second-order valence-corrected chi connectivity index (χ2v) is 4.45. The molecule has 1 saturated heterocycles. The summed E-state index contributed by atoms with van der Waals surface area (Å²) in [5.74, 6) is 0. The highest BCUT2D eigenvalue weighted by Crippen LogP contribution is 2.22. The van der Waals surface area contributed by atoms with Crippen LogP contribution < -0.4 is 5.32 Å². The minimum atomic E-state index is -0.503. The predicted octanol–water partition coefficient (Wildman–Crippen LogP) is 2.45. The van der Waals surface area contributed by atoms with Crippen LogP contribution in [0.5, 0.6) is 0 Å². The Kier molecular flexibility index (Phi) is 4.31. The molecule has 19 heavy (non-hydrogen) atoms. The molecule has 0 radical (unpaired) electrons. The van der Waals surface area contributed by atoms with Gasteiger partial charge < -0.3 is 10.1 Å². The van der Waals surface area contributed by atoms with Crippen LogP contribution in [0.3, 0.4) is 0 Å². The highest BCUT2D eigenvalue weighted by molar-refractivity contribution is 5.61. The van der Waals surface area contributed by atoms with Crippen LogP contribution in [0.25, 0.3) is 0 Å². The molecule has 1 fully saturated rings. The third kappa shape index (κ3) is 3.42. The Morgan fingerprint density at radius 3 is 3.05 bits per heavy atom. The van der Waals surface area contributed by atoms with Gasteiger partial charge >= 0.3 is 0 Å². The second-order valence-electron chi connectivity index (χ2n) is 4.45. The van der Waals surface area contributed by atoms with Crippen molar-refractivity contribution in [1.82, 2.24) is 0 Å². The molecule has 6 heteroatoms. The molecule has 1 N–H and O–H groups in total. The molecular formula is C13H15N3O3. The SMILES string of the molecule is N#Cc1cc([N+](=O)[O-])ccc1NCCC1CCCO1. The van der Waals surface area contributed by atoms with E-state index in [1.807, 2.05) is 6.07 Å². The van der Waals surface area contributed by atoms with Crippen LogP contribution in [-0.4, -0.2) is 24.2 Å². The van der Waals surface area contributed by atoms with Gasteiger partial charge in [0.2, 0.25) is 0 Å². The van der Waals surface area contributed by atoms with Crippen LogP contribution in [0.15, 0.2) is 18.2 Å². The number of ether oxygens (including phenoxy) is 1. The Morgan fingerprint density at radius 2 is 2.42 bits per heavy atom. The van der Waals surface area contributed by atoms with Gasteiger partial charge in [-0.3, -0.25) is 10.1 Å². The van der Waals surface area contributed by atoms with E-state index in [1.165, 1.54) is 12.1 Å². The zero-order valence-electron chi connectivity index (χ0n) is 10.5. The number of nitrogens with zero attached hydrogens (tertiary/aromatic N) is 2. The van der Waals surface area contributed by atoms with Gasteiger partial charge in [-0.2, -0.15) is 5.26 Å². The Bertz CT molecular complexity index is 504. The number of nitro benzene ring substituents is 1. The molecule has 1 aromatic rings. The molecule has 1 aliphatic rings. The van der Waals surface area contributed by atoms with Gasteiger partial charge in [0, 0.05) is 25.3 Å². The summed E-state index contributed by atoms with van der Waals surface area (Å²) in [6.45, 7) is 1.52. The molecule has 2 rings (SSSR count). The number of benzene rings is 1. The number of nitrogens with one attached hydrogen (secondary N) is 1. The fourth-order valence-corrected chi connectivity index (χ4v) is 2.13. The predicted molar refractivity (Wildman–Crippen MR) is 69.9 cm³/mol. The molecular weight excluding hydrogens is 246 g/mol. The number of non-ortho nitro benzene ring substituents is 1. The number of nitro groups is 1. The number of hydrogen-bond acceptors (Lipinski definition) is 5.